The number of phenols is 2. The van der Waals surface area contributed by atoms with E-state index in [-0.39, 0.29) is 5.56 Å². The summed E-state index contributed by atoms with van der Waals surface area (Å²) in [5.41, 5.74) is -0.470. The molecule has 0 bridgehead atoms. The molecule has 6 heteroatoms. The van der Waals surface area contributed by atoms with Crippen molar-refractivity contribution < 1.29 is 19.7 Å². The van der Waals surface area contributed by atoms with Crippen LogP contribution in [0, 0.1) is 4.91 Å². The Bertz CT molecular complexity index is 388. The average Bonchev–Trinajstić information content (AvgIpc) is 2.20. The van der Waals surface area contributed by atoms with Gasteiger partial charge in [0.05, 0.1) is 12.7 Å². The Morgan fingerprint density at radius 1 is 1.43 bits per heavy atom. The van der Waals surface area contributed by atoms with E-state index in [1.165, 1.54) is 0 Å². The smallest absolute Gasteiger partial charge is 0.338 e. The molecule has 6 nitrogen and oxygen atoms in total. The molecule has 0 atom stereocenters. The molecule has 1 aromatic rings. The fourth-order valence-corrected chi connectivity index (χ4v) is 0.909. The number of aromatic hydroxyl groups is 2. The average molecular weight is 197 g/mol. The van der Waals surface area contributed by atoms with Gasteiger partial charge in [-0.1, -0.05) is 0 Å². The molecule has 1 rings (SSSR count). The molecule has 14 heavy (non-hydrogen) atoms. The van der Waals surface area contributed by atoms with E-state index in [1.807, 2.05) is 0 Å². The van der Waals surface area contributed by atoms with Gasteiger partial charge in [0, 0.05) is 0 Å². The van der Waals surface area contributed by atoms with Crippen LogP contribution < -0.4 is 0 Å². The molecule has 0 spiro atoms. The lowest BCUT2D eigenvalue weighted by Crippen LogP contribution is -2.00. The van der Waals surface area contributed by atoms with E-state index in [0.717, 1.165) is 19.2 Å². The second kappa shape index (κ2) is 3.73. The highest BCUT2D eigenvalue weighted by atomic mass is 16.5. The van der Waals surface area contributed by atoms with Crippen molar-refractivity contribution in [2.75, 3.05) is 7.11 Å². The molecule has 1 aromatic carbocycles. The zero-order valence-corrected chi connectivity index (χ0v) is 7.22. The van der Waals surface area contributed by atoms with Crippen LogP contribution in [0.15, 0.2) is 17.3 Å². The first kappa shape index (κ1) is 9.97. The number of methoxy groups -OCH3 is 1. The minimum absolute atomic E-state index is 0.0580. The van der Waals surface area contributed by atoms with E-state index in [9.17, 15) is 9.70 Å². The van der Waals surface area contributed by atoms with Gasteiger partial charge in [0.25, 0.3) is 0 Å². The van der Waals surface area contributed by atoms with Gasteiger partial charge in [-0.15, -0.1) is 4.91 Å². The van der Waals surface area contributed by atoms with Crippen LogP contribution in [0.1, 0.15) is 10.4 Å². The molecule has 0 radical (unpaired) electrons. The monoisotopic (exact) mass is 197 g/mol. The van der Waals surface area contributed by atoms with Crippen LogP contribution >= 0.6 is 0 Å². The van der Waals surface area contributed by atoms with Crippen molar-refractivity contribution in [3.05, 3.63) is 22.6 Å². The second-order valence-corrected chi connectivity index (χ2v) is 2.45. The summed E-state index contributed by atoms with van der Waals surface area (Å²) >= 11 is 0. The highest BCUT2D eigenvalue weighted by Gasteiger charge is 2.14. The molecule has 0 saturated carbocycles. The van der Waals surface area contributed by atoms with Crippen molar-refractivity contribution in [1.29, 1.82) is 0 Å². The third-order valence-corrected chi connectivity index (χ3v) is 1.59. The summed E-state index contributed by atoms with van der Waals surface area (Å²) in [4.78, 5) is 21.2. The third-order valence-electron chi connectivity index (χ3n) is 1.59. The summed E-state index contributed by atoms with van der Waals surface area (Å²) in [7, 11) is 1.15. The summed E-state index contributed by atoms with van der Waals surface area (Å²) in [5.74, 6) is -1.99. The van der Waals surface area contributed by atoms with Gasteiger partial charge in [0.2, 0.25) is 0 Å². The molecule has 74 valence electrons. The van der Waals surface area contributed by atoms with Gasteiger partial charge in [-0.2, -0.15) is 0 Å². The molecule has 0 amide bonds. The summed E-state index contributed by atoms with van der Waals surface area (Å²) in [6.45, 7) is 0. The molecule has 0 fully saturated rings. The van der Waals surface area contributed by atoms with Gasteiger partial charge >= 0.3 is 5.97 Å². The van der Waals surface area contributed by atoms with Gasteiger partial charge in [-0.25, -0.2) is 4.79 Å². The Hall–Kier alpha value is -2.11. The van der Waals surface area contributed by atoms with Crippen molar-refractivity contribution in [3.63, 3.8) is 0 Å². The van der Waals surface area contributed by atoms with Gasteiger partial charge in [-0.05, 0) is 17.3 Å². The van der Waals surface area contributed by atoms with E-state index in [4.69, 9.17) is 10.2 Å². The lowest BCUT2D eigenvalue weighted by atomic mass is 10.2. The minimum atomic E-state index is -0.731. The molecule has 0 saturated heterocycles. The number of carbonyl (C=O) groups is 1. The molecule has 0 unspecified atom stereocenters. The molecule has 2 N–H and O–H groups in total. The molecule has 0 aliphatic heterocycles. The third kappa shape index (κ3) is 1.63. The van der Waals surface area contributed by atoms with E-state index in [0.29, 0.717) is 0 Å². The van der Waals surface area contributed by atoms with Crippen LogP contribution in [-0.2, 0) is 4.74 Å². The zero-order valence-electron chi connectivity index (χ0n) is 7.22. The van der Waals surface area contributed by atoms with E-state index in [2.05, 4.69) is 9.91 Å². The first-order chi connectivity index (χ1) is 6.60. The molecular formula is C8H7NO5. The number of carbonyl (C=O) groups excluding carboxylic acids is 1. The van der Waals surface area contributed by atoms with Crippen molar-refractivity contribution >= 4 is 11.7 Å². The number of benzene rings is 1. The van der Waals surface area contributed by atoms with Crippen LogP contribution in [0.2, 0.25) is 0 Å². The van der Waals surface area contributed by atoms with Crippen LogP contribution in [0.3, 0.4) is 0 Å². The Labute approximate surface area is 78.7 Å². The lowest BCUT2D eigenvalue weighted by molar-refractivity contribution is 0.0600. The second-order valence-electron chi connectivity index (χ2n) is 2.45. The van der Waals surface area contributed by atoms with Crippen LogP contribution in [0.4, 0.5) is 5.69 Å². The topological polar surface area (TPSA) is 96.2 Å². The fourth-order valence-electron chi connectivity index (χ4n) is 0.909. The SMILES string of the molecule is COC(=O)c1cc(O)c(O)c(N=O)c1. The van der Waals surface area contributed by atoms with Crippen LogP contribution in [-0.4, -0.2) is 23.3 Å². The van der Waals surface area contributed by atoms with Crippen molar-refractivity contribution in [2.24, 2.45) is 5.18 Å². The molecular weight excluding hydrogens is 190 g/mol. The highest BCUT2D eigenvalue weighted by Crippen LogP contribution is 2.36. The van der Waals surface area contributed by atoms with Gasteiger partial charge < -0.3 is 14.9 Å². The number of hydrogen-bond donors (Lipinski definition) is 2. The maximum atomic E-state index is 11.0. The maximum Gasteiger partial charge on any atom is 0.338 e. The fraction of sp³-hybridized carbons (Fsp3) is 0.125. The zero-order chi connectivity index (χ0) is 10.7. The van der Waals surface area contributed by atoms with Gasteiger partial charge in [0.1, 0.15) is 0 Å². The number of esters is 1. The summed E-state index contributed by atoms with van der Waals surface area (Å²) in [6.07, 6.45) is 0. The maximum absolute atomic E-state index is 11.0. The number of nitrogens with zero attached hydrogens (tertiary/aromatic N) is 1. The number of nitroso groups, excluding NO2 is 1. The Morgan fingerprint density at radius 3 is 2.57 bits per heavy atom. The molecule has 0 aliphatic rings. The van der Waals surface area contributed by atoms with Crippen molar-refractivity contribution in [2.45, 2.75) is 0 Å². The Kier molecular flexibility index (Phi) is 2.66. The van der Waals surface area contributed by atoms with Gasteiger partial charge in [-0.3, -0.25) is 0 Å². The number of hydrogen-bond acceptors (Lipinski definition) is 6. The molecule has 0 aromatic heterocycles. The number of phenolic OH excluding ortho intramolecular Hbond substituents is 2. The summed E-state index contributed by atoms with van der Waals surface area (Å²) in [6, 6.07) is 2.00. The first-order valence-corrected chi connectivity index (χ1v) is 3.57. The normalized spacial score (nSPS) is 9.50. The number of rotatable bonds is 2. The molecule has 0 heterocycles. The number of ether oxygens (including phenoxy) is 1. The lowest BCUT2D eigenvalue weighted by Gasteiger charge is -2.03. The molecule has 0 aliphatic carbocycles. The van der Waals surface area contributed by atoms with E-state index < -0.39 is 23.2 Å². The van der Waals surface area contributed by atoms with Crippen molar-refractivity contribution in [3.8, 4) is 11.5 Å². The summed E-state index contributed by atoms with van der Waals surface area (Å²) in [5, 5.41) is 20.6. The van der Waals surface area contributed by atoms with E-state index >= 15 is 0 Å². The van der Waals surface area contributed by atoms with Gasteiger partial charge in [0.15, 0.2) is 17.2 Å². The first-order valence-electron chi connectivity index (χ1n) is 3.57. The standard InChI is InChI=1S/C8H7NO5/c1-14-8(12)4-2-5(9-13)7(11)6(10)3-4/h2-3,10-11H,1H3. The van der Waals surface area contributed by atoms with Crippen LogP contribution in [0.25, 0.3) is 0 Å². The Balaban J connectivity index is 3.29. The van der Waals surface area contributed by atoms with Crippen molar-refractivity contribution in [1.82, 2.24) is 0 Å². The van der Waals surface area contributed by atoms with Crippen LogP contribution in [0.5, 0.6) is 11.5 Å². The summed E-state index contributed by atoms with van der Waals surface area (Å²) < 4.78 is 4.36. The van der Waals surface area contributed by atoms with E-state index in [1.54, 1.807) is 0 Å². The minimum Gasteiger partial charge on any atom is -0.504 e. The predicted molar refractivity (Wildman–Crippen MR) is 46.6 cm³/mol. The largest absolute Gasteiger partial charge is 0.504 e. The predicted octanol–water partition coefficient (Wildman–Crippen LogP) is 1.28. The Morgan fingerprint density at radius 2 is 2.07 bits per heavy atom. The highest BCUT2D eigenvalue weighted by molar-refractivity contribution is 5.91. The quantitative estimate of drug-likeness (QED) is 0.423.